The molecule has 1 aliphatic carbocycles. The Balaban J connectivity index is 3.43. The Morgan fingerprint density at radius 2 is 1.27 bits per heavy atom. The van der Waals surface area contributed by atoms with E-state index in [2.05, 4.69) is 0 Å². The minimum atomic E-state index is -1.24. The van der Waals surface area contributed by atoms with Crippen LogP contribution in [0.3, 0.4) is 0 Å². The van der Waals surface area contributed by atoms with Crippen LogP contribution in [0.5, 0.6) is 0 Å². The highest BCUT2D eigenvalue weighted by molar-refractivity contribution is 6.38. The Kier molecular flexibility index (Phi) is 2.34. The molecule has 0 amide bonds. The number of hydrogen-bond acceptors (Lipinski definition) is 4. The molecule has 15 heavy (non-hydrogen) atoms. The molecule has 4 nitrogen and oxygen atoms in total. The number of allylic oxidation sites excluding steroid dienone is 1. The molecule has 1 rings (SSSR count). The molecule has 0 aromatic heterocycles. The summed E-state index contributed by atoms with van der Waals surface area (Å²) in [6.07, 6.45) is 0.501. The quantitative estimate of drug-likeness (QED) is 0.282. The second-order valence-electron chi connectivity index (χ2n) is 4.78. The lowest BCUT2D eigenvalue weighted by molar-refractivity contribution is -0.151. The fourth-order valence-electron chi connectivity index (χ4n) is 1.88. The number of rotatable bonds is 0. The second kappa shape index (κ2) is 3.02. The first-order valence-electron chi connectivity index (χ1n) is 4.66. The summed E-state index contributed by atoms with van der Waals surface area (Å²) in [7, 11) is 0. The van der Waals surface area contributed by atoms with Gasteiger partial charge in [0.25, 0.3) is 0 Å². The lowest BCUT2D eigenvalue weighted by atomic mass is 9.61. The summed E-state index contributed by atoms with van der Waals surface area (Å²) in [6.45, 7) is 5.87. The molecule has 1 fully saturated rings. The van der Waals surface area contributed by atoms with Gasteiger partial charge in [0, 0.05) is 0 Å². The first-order chi connectivity index (χ1) is 6.67. The van der Waals surface area contributed by atoms with E-state index < -0.39 is 28.2 Å². The Labute approximate surface area is 88.0 Å². The molecule has 1 N–H and O–H groups in total. The molecule has 1 aliphatic rings. The SMILES string of the molecule is CC1(C)C(=O)C(=CO)C(=O)C(C)(C)C1=O. The topological polar surface area (TPSA) is 71.4 Å². The van der Waals surface area contributed by atoms with Crippen molar-refractivity contribution in [1.82, 2.24) is 0 Å². The van der Waals surface area contributed by atoms with Gasteiger partial charge in [0.2, 0.25) is 0 Å². The van der Waals surface area contributed by atoms with Gasteiger partial charge in [-0.15, -0.1) is 0 Å². The average molecular weight is 210 g/mol. The van der Waals surface area contributed by atoms with Gasteiger partial charge in [0.1, 0.15) is 0 Å². The lowest BCUT2D eigenvalue weighted by Crippen LogP contribution is -2.53. The third-order valence-corrected chi connectivity index (χ3v) is 2.89. The molecule has 1 saturated carbocycles. The molecule has 0 heterocycles. The monoisotopic (exact) mass is 210 g/mol. The normalized spacial score (nSPS) is 24.3. The third kappa shape index (κ3) is 1.32. The van der Waals surface area contributed by atoms with Gasteiger partial charge in [-0.2, -0.15) is 0 Å². The van der Waals surface area contributed by atoms with Crippen molar-refractivity contribution < 1.29 is 19.5 Å². The fourth-order valence-corrected chi connectivity index (χ4v) is 1.88. The van der Waals surface area contributed by atoms with Crippen molar-refractivity contribution in [3.8, 4) is 0 Å². The van der Waals surface area contributed by atoms with E-state index in [4.69, 9.17) is 5.11 Å². The predicted octanol–water partition coefficient (Wildman–Crippen LogP) is 1.20. The van der Waals surface area contributed by atoms with Crippen molar-refractivity contribution in [2.45, 2.75) is 27.7 Å². The molecule has 0 atom stereocenters. The van der Waals surface area contributed by atoms with Gasteiger partial charge < -0.3 is 5.11 Å². The number of Topliss-reactive ketones (excluding diaryl/α,β-unsaturated/α-hetero) is 3. The van der Waals surface area contributed by atoms with Gasteiger partial charge in [-0.3, -0.25) is 14.4 Å². The third-order valence-electron chi connectivity index (χ3n) is 2.89. The molecule has 0 bridgehead atoms. The summed E-state index contributed by atoms with van der Waals surface area (Å²) in [4.78, 5) is 35.3. The van der Waals surface area contributed by atoms with Gasteiger partial charge in [0.05, 0.1) is 22.7 Å². The van der Waals surface area contributed by atoms with Crippen LogP contribution in [0.4, 0.5) is 0 Å². The number of aliphatic hydroxyl groups is 1. The van der Waals surface area contributed by atoms with Gasteiger partial charge in [-0.25, -0.2) is 0 Å². The van der Waals surface area contributed by atoms with E-state index in [1.807, 2.05) is 0 Å². The van der Waals surface area contributed by atoms with Gasteiger partial charge in [-0.1, -0.05) is 0 Å². The molecular weight excluding hydrogens is 196 g/mol. The molecule has 4 heteroatoms. The predicted molar refractivity (Wildman–Crippen MR) is 53.3 cm³/mol. The zero-order valence-electron chi connectivity index (χ0n) is 9.25. The Morgan fingerprint density at radius 1 is 0.933 bits per heavy atom. The van der Waals surface area contributed by atoms with Crippen LogP contribution in [0, 0.1) is 10.8 Å². The molecule has 0 aromatic rings. The zero-order chi connectivity index (χ0) is 12.0. The second-order valence-corrected chi connectivity index (χ2v) is 4.78. The van der Waals surface area contributed by atoms with Crippen molar-refractivity contribution >= 4 is 17.3 Å². The average Bonchev–Trinajstić information content (AvgIpc) is 2.15. The molecular formula is C11H14O4. The molecule has 0 radical (unpaired) electrons. The summed E-state index contributed by atoms with van der Waals surface area (Å²) >= 11 is 0. The van der Waals surface area contributed by atoms with E-state index >= 15 is 0 Å². The van der Waals surface area contributed by atoms with Crippen LogP contribution >= 0.6 is 0 Å². The first-order valence-corrected chi connectivity index (χ1v) is 4.66. The number of ketones is 3. The first kappa shape index (κ1) is 11.6. The summed E-state index contributed by atoms with van der Waals surface area (Å²) in [5.74, 6) is -1.63. The van der Waals surface area contributed by atoms with Crippen LogP contribution in [-0.2, 0) is 14.4 Å². The van der Waals surface area contributed by atoms with Crippen LogP contribution in [0.15, 0.2) is 11.8 Å². The Hall–Kier alpha value is -1.45. The minimum Gasteiger partial charge on any atom is -0.515 e. The lowest BCUT2D eigenvalue weighted by Gasteiger charge is -2.36. The maximum atomic E-state index is 11.9. The Morgan fingerprint density at radius 3 is 1.53 bits per heavy atom. The maximum absolute atomic E-state index is 11.9. The molecule has 0 aliphatic heterocycles. The van der Waals surface area contributed by atoms with E-state index in [0.717, 1.165) is 0 Å². The van der Waals surface area contributed by atoms with Gasteiger partial charge in [0.15, 0.2) is 17.3 Å². The van der Waals surface area contributed by atoms with Crippen molar-refractivity contribution in [3.63, 3.8) is 0 Å². The number of carbonyl (C=O) groups excluding carboxylic acids is 3. The number of carbonyl (C=O) groups is 3. The van der Waals surface area contributed by atoms with Crippen LogP contribution < -0.4 is 0 Å². The van der Waals surface area contributed by atoms with Crippen LogP contribution in [-0.4, -0.2) is 22.5 Å². The van der Waals surface area contributed by atoms with Crippen LogP contribution in [0.1, 0.15) is 27.7 Å². The molecule has 0 unspecified atom stereocenters. The maximum Gasteiger partial charge on any atom is 0.182 e. The highest BCUT2D eigenvalue weighted by Crippen LogP contribution is 2.40. The molecule has 0 spiro atoms. The summed E-state index contributed by atoms with van der Waals surface area (Å²) in [6, 6.07) is 0. The zero-order valence-corrected chi connectivity index (χ0v) is 9.25. The van der Waals surface area contributed by atoms with E-state index in [0.29, 0.717) is 6.26 Å². The highest BCUT2D eigenvalue weighted by atomic mass is 16.2. The standard InChI is InChI=1S/C11H14O4/c1-10(2)7(13)6(5-12)8(14)11(3,4)9(10)15/h5,12H,1-4H3. The van der Waals surface area contributed by atoms with Crippen LogP contribution in [0.25, 0.3) is 0 Å². The molecule has 82 valence electrons. The smallest absolute Gasteiger partial charge is 0.182 e. The molecule has 0 saturated heterocycles. The molecule has 0 aromatic carbocycles. The van der Waals surface area contributed by atoms with E-state index in [1.165, 1.54) is 27.7 Å². The summed E-state index contributed by atoms with van der Waals surface area (Å²) < 4.78 is 0. The van der Waals surface area contributed by atoms with E-state index in [9.17, 15) is 14.4 Å². The van der Waals surface area contributed by atoms with E-state index in [-0.39, 0.29) is 5.57 Å². The minimum absolute atomic E-state index is 0.287. The fraction of sp³-hybridized carbons (Fsp3) is 0.545. The van der Waals surface area contributed by atoms with Crippen molar-refractivity contribution in [2.24, 2.45) is 10.8 Å². The largest absolute Gasteiger partial charge is 0.515 e. The van der Waals surface area contributed by atoms with Gasteiger partial charge >= 0.3 is 0 Å². The number of aliphatic hydroxyl groups excluding tert-OH is 1. The van der Waals surface area contributed by atoms with Crippen molar-refractivity contribution in [1.29, 1.82) is 0 Å². The van der Waals surface area contributed by atoms with Crippen LogP contribution in [0.2, 0.25) is 0 Å². The van der Waals surface area contributed by atoms with Crippen molar-refractivity contribution in [2.75, 3.05) is 0 Å². The van der Waals surface area contributed by atoms with E-state index in [1.54, 1.807) is 0 Å². The van der Waals surface area contributed by atoms with Crippen molar-refractivity contribution in [3.05, 3.63) is 11.8 Å². The highest BCUT2D eigenvalue weighted by Gasteiger charge is 2.55. The summed E-state index contributed by atoms with van der Waals surface area (Å²) in [5.41, 5.74) is -2.78. The summed E-state index contributed by atoms with van der Waals surface area (Å²) in [5, 5.41) is 8.87. The Bertz CT molecular complexity index is 353. The number of hydrogen-bond donors (Lipinski definition) is 1. The van der Waals surface area contributed by atoms with Gasteiger partial charge in [-0.05, 0) is 27.7 Å².